The van der Waals surface area contributed by atoms with E-state index < -0.39 is 0 Å². The molecule has 0 radical (unpaired) electrons. The van der Waals surface area contributed by atoms with Crippen LogP contribution >= 0.6 is 0 Å². The third-order valence-corrected chi connectivity index (χ3v) is 5.90. The highest BCUT2D eigenvalue weighted by molar-refractivity contribution is 5.92. The van der Waals surface area contributed by atoms with Gasteiger partial charge >= 0.3 is 0 Å². The molecule has 3 N–H and O–H groups in total. The Hall–Kier alpha value is -2.77. The molecule has 2 aliphatic rings. The maximum absolute atomic E-state index is 6.07. The lowest BCUT2D eigenvalue weighted by Gasteiger charge is -2.34. The van der Waals surface area contributed by atoms with Gasteiger partial charge in [-0.1, -0.05) is 30.3 Å². The zero-order valence-corrected chi connectivity index (χ0v) is 18.8. The average molecular weight is 438 g/mol. The molecule has 7 heteroatoms. The van der Waals surface area contributed by atoms with Gasteiger partial charge in [-0.2, -0.15) is 0 Å². The number of piperazine rings is 1. The minimum Gasteiger partial charge on any atom is -0.490 e. The van der Waals surface area contributed by atoms with Crippen molar-refractivity contribution in [3.05, 3.63) is 54.1 Å². The Morgan fingerprint density at radius 3 is 2.47 bits per heavy atom. The minimum absolute atomic E-state index is 0.439. The number of hydrogen-bond donors (Lipinski definition) is 2. The number of nitrogens with one attached hydrogen (secondary N) is 1. The van der Waals surface area contributed by atoms with Crippen molar-refractivity contribution in [2.24, 2.45) is 10.7 Å². The van der Waals surface area contributed by atoms with Crippen molar-refractivity contribution in [2.75, 3.05) is 57.8 Å². The van der Waals surface area contributed by atoms with Gasteiger partial charge in [0.05, 0.1) is 13.2 Å². The van der Waals surface area contributed by atoms with Crippen LogP contribution in [0.2, 0.25) is 0 Å². The van der Waals surface area contributed by atoms with Gasteiger partial charge < -0.3 is 25.4 Å². The van der Waals surface area contributed by atoms with Crippen LogP contribution in [-0.4, -0.2) is 68.2 Å². The Balaban J connectivity index is 1.11. The molecular weight excluding hydrogens is 402 g/mol. The zero-order valence-electron chi connectivity index (χ0n) is 18.8. The molecule has 2 heterocycles. The molecule has 1 fully saturated rings. The topological polar surface area (TPSA) is 75.4 Å². The quantitative estimate of drug-likeness (QED) is 0.375. The van der Waals surface area contributed by atoms with Crippen molar-refractivity contribution < 1.29 is 9.47 Å². The standard InChI is InChI=1S/C25H35N5O2/c26-25(28-22-9-10-23-24(19-22)32-18-6-17-31-23)27-11-4-5-12-29-13-15-30(16-14-29)20-21-7-2-1-3-8-21/h1-3,7-10,19H,4-6,11-18,20H2,(H3,26,27,28). The molecule has 1 saturated heterocycles. The highest BCUT2D eigenvalue weighted by Gasteiger charge is 2.16. The maximum Gasteiger partial charge on any atom is 0.193 e. The van der Waals surface area contributed by atoms with Crippen molar-refractivity contribution in [3.8, 4) is 11.5 Å². The second kappa shape index (κ2) is 11.7. The molecule has 0 aliphatic carbocycles. The number of ether oxygens (including phenoxy) is 2. The molecule has 32 heavy (non-hydrogen) atoms. The predicted molar refractivity (Wildman–Crippen MR) is 130 cm³/mol. The molecule has 0 aromatic heterocycles. The van der Waals surface area contributed by atoms with Gasteiger partial charge in [0.25, 0.3) is 0 Å². The second-order valence-electron chi connectivity index (χ2n) is 8.41. The maximum atomic E-state index is 6.07. The van der Waals surface area contributed by atoms with E-state index >= 15 is 0 Å². The Morgan fingerprint density at radius 1 is 0.906 bits per heavy atom. The van der Waals surface area contributed by atoms with Crippen molar-refractivity contribution in [1.82, 2.24) is 9.80 Å². The number of fused-ring (bicyclic) bond motifs is 1. The molecule has 7 nitrogen and oxygen atoms in total. The molecule has 0 unspecified atom stereocenters. The highest BCUT2D eigenvalue weighted by atomic mass is 16.5. The van der Waals surface area contributed by atoms with Crippen molar-refractivity contribution in [2.45, 2.75) is 25.8 Å². The first-order chi connectivity index (χ1) is 15.8. The monoisotopic (exact) mass is 437 g/mol. The number of guanidine groups is 1. The number of nitrogens with zero attached hydrogens (tertiary/aromatic N) is 3. The third kappa shape index (κ3) is 6.87. The molecule has 2 aliphatic heterocycles. The Bertz CT molecular complexity index is 866. The first-order valence-electron chi connectivity index (χ1n) is 11.7. The van der Waals surface area contributed by atoms with E-state index in [1.54, 1.807) is 0 Å². The summed E-state index contributed by atoms with van der Waals surface area (Å²) in [5, 5.41) is 3.15. The largest absolute Gasteiger partial charge is 0.490 e. The summed E-state index contributed by atoms with van der Waals surface area (Å²) in [6.07, 6.45) is 3.07. The summed E-state index contributed by atoms with van der Waals surface area (Å²) in [4.78, 5) is 9.58. The lowest BCUT2D eigenvalue weighted by molar-refractivity contribution is 0.126. The molecule has 0 amide bonds. The smallest absolute Gasteiger partial charge is 0.193 e. The van der Waals surface area contributed by atoms with Crippen LogP contribution in [0.25, 0.3) is 0 Å². The lowest BCUT2D eigenvalue weighted by atomic mass is 10.2. The first-order valence-corrected chi connectivity index (χ1v) is 11.7. The number of nitrogens with two attached hydrogens (primary N) is 1. The highest BCUT2D eigenvalue weighted by Crippen LogP contribution is 2.32. The van der Waals surface area contributed by atoms with Gasteiger partial charge in [-0.05, 0) is 37.1 Å². The number of hydrogen-bond acceptors (Lipinski definition) is 5. The molecular formula is C25H35N5O2. The minimum atomic E-state index is 0.439. The van der Waals surface area contributed by atoms with Crippen LogP contribution in [0, 0.1) is 0 Å². The fourth-order valence-corrected chi connectivity index (χ4v) is 4.09. The fraction of sp³-hybridized carbons (Fsp3) is 0.480. The normalized spacial score (nSPS) is 17.7. The summed E-state index contributed by atoms with van der Waals surface area (Å²) in [7, 11) is 0. The average Bonchev–Trinajstić information content (AvgIpc) is 3.06. The van der Waals surface area contributed by atoms with Gasteiger partial charge in [-0.3, -0.25) is 9.89 Å². The van der Waals surface area contributed by atoms with E-state index in [4.69, 9.17) is 15.2 Å². The number of benzene rings is 2. The first kappa shape index (κ1) is 22.4. The van der Waals surface area contributed by atoms with E-state index in [0.717, 1.165) is 82.3 Å². The van der Waals surface area contributed by atoms with Crippen LogP contribution < -0.4 is 20.5 Å². The van der Waals surface area contributed by atoms with E-state index in [-0.39, 0.29) is 0 Å². The SMILES string of the molecule is NC(=NCCCCN1CCN(Cc2ccccc2)CC1)Nc1ccc2c(c1)OCCCO2. The number of aliphatic imine (C=N–C) groups is 1. The van der Waals surface area contributed by atoms with Crippen LogP contribution in [0.4, 0.5) is 5.69 Å². The van der Waals surface area contributed by atoms with E-state index in [1.807, 2.05) is 18.2 Å². The van der Waals surface area contributed by atoms with E-state index in [0.29, 0.717) is 19.2 Å². The van der Waals surface area contributed by atoms with Gasteiger partial charge in [-0.15, -0.1) is 0 Å². The summed E-state index contributed by atoms with van der Waals surface area (Å²) in [6, 6.07) is 16.5. The predicted octanol–water partition coefficient (Wildman–Crippen LogP) is 3.17. The van der Waals surface area contributed by atoms with Crippen molar-refractivity contribution in [3.63, 3.8) is 0 Å². The summed E-state index contributed by atoms with van der Waals surface area (Å²) in [5.74, 6) is 1.97. The van der Waals surface area contributed by atoms with Gasteiger partial charge in [0.15, 0.2) is 17.5 Å². The van der Waals surface area contributed by atoms with Crippen molar-refractivity contribution >= 4 is 11.6 Å². The lowest BCUT2D eigenvalue weighted by Crippen LogP contribution is -2.46. The second-order valence-corrected chi connectivity index (χ2v) is 8.41. The molecule has 2 aromatic rings. The van der Waals surface area contributed by atoms with Gasteiger partial charge in [-0.25, -0.2) is 0 Å². The van der Waals surface area contributed by atoms with E-state index in [2.05, 4.69) is 50.4 Å². The van der Waals surface area contributed by atoms with Crippen LogP contribution in [0.1, 0.15) is 24.8 Å². The third-order valence-electron chi connectivity index (χ3n) is 5.90. The van der Waals surface area contributed by atoms with Gasteiger partial charge in [0, 0.05) is 57.4 Å². The summed E-state index contributed by atoms with van der Waals surface area (Å²) in [5.41, 5.74) is 8.33. The van der Waals surface area contributed by atoms with E-state index in [9.17, 15) is 0 Å². The van der Waals surface area contributed by atoms with Crippen LogP contribution in [-0.2, 0) is 6.54 Å². The number of anilines is 1. The van der Waals surface area contributed by atoms with Crippen LogP contribution in [0.15, 0.2) is 53.5 Å². The summed E-state index contributed by atoms with van der Waals surface area (Å²) < 4.78 is 11.4. The van der Waals surface area contributed by atoms with Crippen LogP contribution in [0.5, 0.6) is 11.5 Å². The summed E-state index contributed by atoms with van der Waals surface area (Å²) >= 11 is 0. The van der Waals surface area contributed by atoms with Gasteiger partial charge in [0.1, 0.15) is 0 Å². The Kier molecular flexibility index (Phi) is 8.23. The molecule has 4 rings (SSSR count). The molecule has 0 spiro atoms. The molecule has 0 bridgehead atoms. The van der Waals surface area contributed by atoms with Gasteiger partial charge in [0.2, 0.25) is 0 Å². The Labute approximate surface area is 191 Å². The molecule has 0 atom stereocenters. The zero-order chi connectivity index (χ0) is 22.0. The number of unbranched alkanes of at least 4 members (excludes halogenated alkanes) is 1. The van der Waals surface area contributed by atoms with E-state index in [1.165, 1.54) is 5.56 Å². The Morgan fingerprint density at radius 2 is 1.66 bits per heavy atom. The van der Waals surface area contributed by atoms with Crippen molar-refractivity contribution in [1.29, 1.82) is 0 Å². The van der Waals surface area contributed by atoms with Crippen LogP contribution in [0.3, 0.4) is 0 Å². The summed E-state index contributed by atoms with van der Waals surface area (Å²) in [6.45, 7) is 8.84. The molecule has 172 valence electrons. The molecule has 2 aromatic carbocycles. The number of rotatable bonds is 8. The fourth-order valence-electron chi connectivity index (χ4n) is 4.09. The molecule has 0 saturated carbocycles.